The number of rotatable bonds is 7. The van der Waals surface area contributed by atoms with E-state index in [0.29, 0.717) is 11.7 Å². The normalized spacial score (nSPS) is 11.9. The lowest BCUT2D eigenvalue weighted by Crippen LogP contribution is -2.37. The van der Waals surface area contributed by atoms with Gasteiger partial charge in [0.25, 0.3) is 5.91 Å². The number of aryl methyl sites for hydroxylation is 2. The van der Waals surface area contributed by atoms with Gasteiger partial charge in [-0.1, -0.05) is 60.1 Å². The summed E-state index contributed by atoms with van der Waals surface area (Å²) in [7, 11) is 1.70. The lowest BCUT2D eigenvalue weighted by atomic mass is 10.1. The van der Waals surface area contributed by atoms with Gasteiger partial charge in [0.1, 0.15) is 5.75 Å². The summed E-state index contributed by atoms with van der Waals surface area (Å²) in [6, 6.07) is 15.6. The molecule has 3 aromatic rings. The number of nitrogens with zero attached hydrogens (tertiary/aromatic N) is 3. The Kier molecular flexibility index (Phi) is 6.09. The molecule has 0 unspecified atom stereocenters. The van der Waals surface area contributed by atoms with Crippen LogP contribution in [-0.4, -0.2) is 34.1 Å². The molecule has 0 aliphatic heterocycles. The largest absolute Gasteiger partial charge is 0.481 e. The van der Waals surface area contributed by atoms with Gasteiger partial charge in [-0.25, -0.2) is 0 Å². The van der Waals surface area contributed by atoms with Crippen molar-refractivity contribution >= 4 is 5.91 Å². The number of carbonyl (C=O) groups is 1. The molecular weight excluding hydrogens is 354 g/mol. The quantitative estimate of drug-likeness (QED) is 0.620. The maximum absolute atomic E-state index is 12.7. The average Bonchev–Trinajstić information content (AvgIpc) is 3.16. The fourth-order valence-electron chi connectivity index (χ4n) is 2.88. The highest BCUT2D eigenvalue weighted by atomic mass is 16.5. The molecule has 0 saturated heterocycles. The number of benzene rings is 2. The summed E-state index contributed by atoms with van der Waals surface area (Å²) in [6.45, 7) is 6.05. The lowest BCUT2D eigenvalue weighted by Gasteiger charge is -2.21. The van der Waals surface area contributed by atoms with Crippen LogP contribution in [0.4, 0.5) is 0 Å². The Morgan fingerprint density at radius 2 is 1.89 bits per heavy atom. The van der Waals surface area contributed by atoms with Crippen molar-refractivity contribution in [3.8, 4) is 17.1 Å². The first-order chi connectivity index (χ1) is 13.5. The molecule has 1 aromatic heterocycles. The van der Waals surface area contributed by atoms with E-state index in [1.54, 1.807) is 14.0 Å². The van der Waals surface area contributed by atoms with Crippen LogP contribution in [0.25, 0.3) is 11.4 Å². The SMILES string of the molecule is CCc1ccccc1O[C@H](C)C(=O)N(C)Cc1nc(-c2ccc(C)cc2)no1. The van der Waals surface area contributed by atoms with Crippen LogP contribution in [0.1, 0.15) is 30.9 Å². The second-order valence-electron chi connectivity index (χ2n) is 6.79. The minimum Gasteiger partial charge on any atom is -0.481 e. The van der Waals surface area contributed by atoms with Crippen molar-refractivity contribution in [2.75, 3.05) is 7.05 Å². The number of para-hydroxylation sites is 1. The third kappa shape index (κ3) is 4.57. The smallest absolute Gasteiger partial charge is 0.263 e. The topological polar surface area (TPSA) is 68.5 Å². The van der Waals surface area contributed by atoms with E-state index in [1.165, 1.54) is 4.90 Å². The molecule has 3 rings (SSSR count). The summed E-state index contributed by atoms with van der Waals surface area (Å²) in [5.41, 5.74) is 3.11. The molecule has 146 valence electrons. The zero-order chi connectivity index (χ0) is 20.1. The third-order valence-corrected chi connectivity index (χ3v) is 4.53. The van der Waals surface area contributed by atoms with Crippen molar-refractivity contribution in [1.82, 2.24) is 15.0 Å². The Hall–Kier alpha value is -3.15. The van der Waals surface area contributed by atoms with E-state index in [1.807, 2.05) is 55.5 Å². The first kappa shape index (κ1) is 19.6. The molecule has 0 spiro atoms. The third-order valence-electron chi connectivity index (χ3n) is 4.53. The minimum atomic E-state index is -0.614. The number of hydrogen-bond acceptors (Lipinski definition) is 5. The van der Waals surface area contributed by atoms with Crippen LogP contribution in [0.15, 0.2) is 53.1 Å². The first-order valence-corrected chi connectivity index (χ1v) is 9.37. The number of carbonyl (C=O) groups excluding carboxylic acids is 1. The van der Waals surface area contributed by atoms with E-state index in [-0.39, 0.29) is 12.5 Å². The number of amides is 1. The first-order valence-electron chi connectivity index (χ1n) is 9.37. The van der Waals surface area contributed by atoms with E-state index < -0.39 is 6.10 Å². The van der Waals surface area contributed by atoms with Gasteiger partial charge >= 0.3 is 0 Å². The molecule has 0 aliphatic rings. The predicted molar refractivity (Wildman–Crippen MR) is 107 cm³/mol. The summed E-state index contributed by atoms with van der Waals surface area (Å²) >= 11 is 0. The van der Waals surface area contributed by atoms with Gasteiger partial charge in [0.05, 0.1) is 6.54 Å². The standard InChI is InChI=1S/C22H25N3O3/c1-5-17-8-6-7-9-19(17)27-16(3)22(26)25(4)14-20-23-21(24-28-20)18-12-10-15(2)11-13-18/h6-13,16H,5,14H2,1-4H3/t16-/m1/s1. The van der Waals surface area contributed by atoms with Crippen molar-refractivity contribution in [1.29, 1.82) is 0 Å². The number of hydrogen-bond donors (Lipinski definition) is 0. The molecule has 0 aliphatic carbocycles. The van der Waals surface area contributed by atoms with Crippen LogP contribution >= 0.6 is 0 Å². The fourth-order valence-corrected chi connectivity index (χ4v) is 2.88. The highest BCUT2D eigenvalue weighted by molar-refractivity contribution is 5.80. The zero-order valence-corrected chi connectivity index (χ0v) is 16.7. The van der Waals surface area contributed by atoms with Crippen LogP contribution in [0.3, 0.4) is 0 Å². The monoisotopic (exact) mass is 379 g/mol. The Balaban J connectivity index is 1.63. The maximum Gasteiger partial charge on any atom is 0.263 e. The predicted octanol–water partition coefficient (Wildman–Crippen LogP) is 4.03. The van der Waals surface area contributed by atoms with Gasteiger partial charge in [0.15, 0.2) is 6.10 Å². The fraction of sp³-hybridized carbons (Fsp3) is 0.318. The molecule has 2 aromatic carbocycles. The molecule has 6 nitrogen and oxygen atoms in total. The van der Waals surface area contributed by atoms with Crippen molar-refractivity contribution in [2.45, 2.75) is 39.8 Å². The second-order valence-corrected chi connectivity index (χ2v) is 6.79. The molecule has 1 amide bonds. The van der Waals surface area contributed by atoms with E-state index in [4.69, 9.17) is 9.26 Å². The highest BCUT2D eigenvalue weighted by Crippen LogP contribution is 2.21. The van der Waals surface area contributed by atoms with Gasteiger partial charge in [-0.3, -0.25) is 4.79 Å². The van der Waals surface area contributed by atoms with Gasteiger partial charge in [-0.15, -0.1) is 0 Å². The Bertz CT molecular complexity index is 934. The number of likely N-dealkylation sites (N-methyl/N-ethyl adjacent to an activating group) is 1. The Morgan fingerprint density at radius 1 is 1.18 bits per heavy atom. The van der Waals surface area contributed by atoms with Gasteiger partial charge in [0, 0.05) is 12.6 Å². The molecule has 0 radical (unpaired) electrons. The number of aromatic nitrogens is 2. The molecule has 0 saturated carbocycles. The van der Waals surface area contributed by atoms with Crippen LogP contribution in [0, 0.1) is 6.92 Å². The molecule has 6 heteroatoms. The molecule has 0 N–H and O–H groups in total. The summed E-state index contributed by atoms with van der Waals surface area (Å²) in [4.78, 5) is 18.6. The molecule has 1 heterocycles. The van der Waals surface area contributed by atoms with Crippen molar-refractivity contribution in [3.63, 3.8) is 0 Å². The summed E-state index contributed by atoms with van der Waals surface area (Å²) in [5.74, 6) is 1.48. The van der Waals surface area contributed by atoms with Gasteiger partial charge in [-0.2, -0.15) is 4.98 Å². The second kappa shape index (κ2) is 8.69. The van der Waals surface area contributed by atoms with Crippen molar-refractivity contribution < 1.29 is 14.1 Å². The number of ether oxygens (including phenoxy) is 1. The highest BCUT2D eigenvalue weighted by Gasteiger charge is 2.22. The molecular formula is C22H25N3O3. The average molecular weight is 379 g/mol. The summed E-state index contributed by atoms with van der Waals surface area (Å²) in [5, 5.41) is 4.01. The van der Waals surface area contributed by atoms with Crippen LogP contribution in [-0.2, 0) is 17.8 Å². The van der Waals surface area contributed by atoms with E-state index >= 15 is 0 Å². The molecule has 0 bridgehead atoms. The maximum atomic E-state index is 12.7. The lowest BCUT2D eigenvalue weighted by molar-refractivity contribution is -0.137. The molecule has 28 heavy (non-hydrogen) atoms. The molecule has 1 atom stereocenters. The summed E-state index contributed by atoms with van der Waals surface area (Å²) in [6.07, 6.45) is 0.230. The zero-order valence-electron chi connectivity index (χ0n) is 16.7. The summed E-state index contributed by atoms with van der Waals surface area (Å²) < 4.78 is 11.2. The van der Waals surface area contributed by atoms with E-state index in [9.17, 15) is 4.79 Å². The molecule has 0 fully saturated rings. The van der Waals surface area contributed by atoms with Crippen LogP contribution in [0.5, 0.6) is 5.75 Å². The van der Waals surface area contributed by atoms with Gasteiger partial charge in [-0.05, 0) is 31.9 Å². The Morgan fingerprint density at radius 3 is 2.61 bits per heavy atom. The van der Waals surface area contributed by atoms with Crippen molar-refractivity contribution in [2.24, 2.45) is 0 Å². The van der Waals surface area contributed by atoms with Crippen LogP contribution < -0.4 is 4.74 Å². The van der Waals surface area contributed by atoms with E-state index in [0.717, 1.165) is 28.9 Å². The van der Waals surface area contributed by atoms with Crippen molar-refractivity contribution in [3.05, 3.63) is 65.5 Å². The van der Waals surface area contributed by atoms with Crippen LogP contribution in [0.2, 0.25) is 0 Å². The minimum absolute atomic E-state index is 0.152. The van der Waals surface area contributed by atoms with Gasteiger partial charge in [0.2, 0.25) is 11.7 Å². The Labute approximate surface area is 165 Å². The van der Waals surface area contributed by atoms with Gasteiger partial charge < -0.3 is 14.2 Å². The van der Waals surface area contributed by atoms with E-state index in [2.05, 4.69) is 17.1 Å².